The molecule has 2 aliphatic rings. The highest BCUT2D eigenvalue weighted by Crippen LogP contribution is 2.28. The van der Waals surface area contributed by atoms with Crippen molar-refractivity contribution in [3.63, 3.8) is 0 Å². The molecule has 19 heavy (non-hydrogen) atoms. The van der Waals surface area contributed by atoms with E-state index in [1.54, 1.807) is 0 Å². The van der Waals surface area contributed by atoms with E-state index < -0.39 is 0 Å². The van der Waals surface area contributed by atoms with E-state index in [2.05, 4.69) is 47.6 Å². The van der Waals surface area contributed by atoms with Crippen molar-refractivity contribution in [2.45, 2.75) is 26.2 Å². The van der Waals surface area contributed by atoms with E-state index in [0.29, 0.717) is 6.42 Å². The molecule has 0 aromatic heterocycles. The van der Waals surface area contributed by atoms with Crippen molar-refractivity contribution in [2.24, 2.45) is 11.0 Å². The van der Waals surface area contributed by atoms with Gasteiger partial charge >= 0.3 is 0 Å². The zero-order chi connectivity index (χ0) is 13.4. The average molecular weight is 257 g/mol. The van der Waals surface area contributed by atoms with Gasteiger partial charge in [-0.2, -0.15) is 5.10 Å². The Labute approximate surface area is 113 Å². The number of rotatable bonds is 1. The number of carbonyl (C=O) groups is 1. The summed E-state index contributed by atoms with van der Waals surface area (Å²) in [5.41, 5.74) is 7.43. The zero-order valence-electron chi connectivity index (χ0n) is 11.4. The molecule has 0 saturated heterocycles. The van der Waals surface area contributed by atoms with Gasteiger partial charge < -0.3 is 4.90 Å². The molecule has 0 saturated carbocycles. The summed E-state index contributed by atoms with van der Waals surface area (Å²) >= 11 is 0. The maximum atomic E-state index is 11.3. The third-order valence-corrected chi connectivity index (χ3v) is 3.99. The molecule has 2 heterocycles. The molecule has 0 radical (unpaired) electrons. The smallest absolute Gasteiger partial charge is 0.240 e. The number of nitrogens with one attached hydrogen (secondary N) is 1. The Morgan fingerprint density at radius 1 is 1.42 bits per heavy atom. The van der Waals surface area contributed by atoms with E-state index in [4.69, 9.17) is 0 Å². The van der Waals surface area contributed by atoms with Crippen molar-refractivity contribution in [2.75, 3.05) is 18.5 Å². The molecule has 1 atom stereocenters. The van der Waals surface area contributed by atoms with Gasteiger partial charge in [0.05, 0.1) is 5.71 Å². The van der Waals surface area contributed by atoms with E-state index in [1.165, 1.54) is 17.7 Å². The lowest BCUT2D eigenvalue weighted by atomic mass is 9.91. The van der Waals surface area contributed by atoms with E-state index in [0.717, 1.165) is 24.2 Å². The van der Waals surface area contributed by atoms with Crippen LogP contribution in [0.15, 0.2) is 23.3 Å². The normalized spacial score (nSPS) is 22.6. The fourth-order valence-electron chi connectivity index (χ4n) is 2.95. The Hall–Kier alpha value is -1.84. The summed E-state index contributed by atoms with van der Waals surface area (Å²) in [4.78, 5) is 13.6. The molecule has 1 N–H and O–H groups in total. The molecular weight excluding hydrogens is 238 g/mol. The first-order valence-corrected chi connectivity index (χ1v) is 6.86. The average Bonchev–Trinajstić information content (AvgIpc) is 2.38. The quantitative estimate of drug-likeness (QED) is 0.835. The molecular formula is C15H19N3O. The van der Waals surface area contributed by atoms with E-state index in [1.807, 2.05) is 0 Å². The van der Waals surface area contributed by atoms with Gasteiger partial charge in [0.1, 0.15) is 0 Å². The standard InChI is InChI=1S/C15H19N3O/c1-10-8-14(19)16-17-15(10)12-5-6-13-11(9-12)4-3-7-18(13)2/h5-6,9-10H,3-4,7-8H2,1-2H3,(H,16,19). The molecule has 3 rings (SSSR count). The van der Waals surface area contributed by atoms with Gasteiger partial charge in [-0.05, 0) is 36.1 Å². The molecule has 1 amide bonds. The van der Waals surface area contributed by atoms with Crippen molar-refractivity contribution in [1.29, 1.82) is 0 Å². The van der Waals surface area contributed by atoms with E-state index in [-0.39, 0.29) is 11.8 Å². The molecule has 0 fully saturated rings. The maximum Gasteiger partial charge on any atom is 0.240 e. The van der Waals surface area contributed by atoms with Gasteiger partial charge in [0.15, 0.2) is 0 Å². The summed E-state index contributed by atoms with van der Waals surface area (Å²) in [5.74, 6) is 0.196. The van der Waals surface area contributed by atoms with Crippen LogP contribution in [0.1, 0.15) is 30.9 Å². The lowest BCUT2D eigenvalue weighted by Crippen LogP contribution is -2.32. The Morgan fingerprint density at radius 2 is 2.26 bits per heavy atom. The molecule has 0 spiro atoms. The number of hydrazone groups is 1. The van der Waals surface area contributed by atoms with Crippen molar-refractivity contribution in [3.8, 4) is 0 Å². The van der Waals surface area contributed by atoms with E-state index in [9.17, 15) is 4.79 Å². The number of nitrogens with zero attached hydrogens (tertiary/aromatic N) is 2. The number of amides is 1. The monoisotopic (exact) mass is 257 g/mol. The van der Waals surface area contributed by atoms with Gasteiger partial charge in [-0.15, -0.1) is 0 Å². The number of anilines is 1. The first kappa shape index (κ1) is 12.2. The minimum Gasteiger partial charge on any atom is -0.374 e. The second-order valence-electron chi connectivity index (χ2n) is 5.51. The lowest BCUT2D eigenvalue weighted by molar-refractivity contribution is -0.121. The third-order valence-electron chi connectivity index (χ3n) is 3.99. The maximum absolute atomic E-state index is 11.3. The number of benzene rings is 1. The minimum absolute atomic E-state index is 0.00828. The van der Waals surface area contributed by atoms with Crippen molar-refractivity contribution in [1.82, 2.24) is 5.43 Å². The Balaban J connectivity index is 1.96. The Bertz CT molecular complexity index is 550. The highest BCUT2D eigenvalue weighted by molar-refractivity contribution is 6.06. The first-order valence-electron chi connectivity index (χ1n) is 6.86. The summed E-state index contributed by atoms with van der Waals surface area (Å²) in [7, 11) is 2.14. The number of carbonyl (C=O) groups excluding carboxylic acids is 1. The Morgan fingerprint density at radius 3 is 3.05 bits per heavy atom. The highest BCUT2D eigenvalue weighted by atomic mass is 16.2. The first-order chi connectivity index (χ1) is 9.15. The summed E-state index contributed by atoms with van der Waals surface area (Å²) < 4.78 is 0. The van der Waals surface area contributed by atoms with Gasteiger partial charge in [-0.25, -0.2) is 5.43 Å². The number of hydrogen-bond acceptors (Lipinski definition) is 3. The third kappa shape index (κ3) is 2.23. The molecule has 1 unspecified atom stereocenters. The molecule has 1 aromatic carbocycles. The van der Waals surface area contributed by atoms with Crippen LogP contribution in [0.3, 0.4) is 0 Å². The van der Waals surface area contributed by atoms with Crippen LogP contribution in [0.25, 0.3) is 0 Å². The SMILES string of the molecule is CC1CC(=O)NN=C1c1ccc2c(c1)CCCN2C. The fourth-order valence-corrected chi connectivity index (χ4v) is 2.95. The van der Waals surface area contributed by atoms with Crippen LogP contribution >= 0.6 is 0 Å². The molecule has 4 nitrogen and oxygen atoms in total. The van der Waals surface area contributed by atoms with Crippen LogP contribution < -0.4 is 10.3 Å². The van der Waals surface area contributed by atoms with Gasteiger partial charge in [-0.1, -0.05) is 13.0 Å². The fraction of sp³-hybridized carbons (Fsp3) is 0.467. The van der Waals surface area contributed by atoms with Crippen LogP contribution in [0.2, 0.25) is 0 Å². The minimum atomic E-state index is 0.00828. The molecule has 0 aliphatic carbocycles. The van der Waals surface area contributed by atoms with Crippen molar-refractivity contribution < 1.29 is 4.79 Å². The van der Waals surface area contributed by atoms with E-state index >= 15 is 0 Å². The second kappa shape index (κ2) is 4.68. The van der Waals surface area contributed by atoms with Gasteiger partial charge in [0, 0.05) is 31.6 Å². The molecule has 100 valence electrons. The van der Waals surface area contributed by atoms with Crippen LogP contribution in [0.4, 0.5) is 5.69 Å². The predicted octanol–water partition coefficient (Wildman–Crippen LogP) is 1.93. The summed E-state index contributed by atoms with van der Waals surface area (Å²) in [6.07, 6.45) is 2.85. The van der Waals surface area contributed by atoms with Gasteiger partial charge in [0.2, 0.25) is 5.91 Å². The van der Waals surface area contributed by atoms with Crippen LogP contribution in [-0.2, 0) is 11.2 Å². The summed E-state index contributed by atoms with van der Waals surface area (Å²) in [6, 6.07) is 6.53. The molecule has 0 bridgehead atoms. The zero-order valence-corrected chi connectivity index (χ0v) is 11.4. The van der Waals surface area contributed by atoms with Crippen LogP contribution in [-0.4, -0.2) is 25.2 Å². The molecule has 1 aromatic rings. The van der Waals surface area contributed by atoms with Crippen LogP contribution in [0.5, 0.6) is 0 Å². The predicted molar refractivity (Wildman–Crippen MR) is 76.5 cm³/mol. The highest BCUT2D eigenvalue weighted by Gasteiger charge is 2.23. The van der Waals surface area contributed by atoms with Gasteiger partial charge in [-0.3, -0.25) is 4.79 Å². The second-order valence-corrected chi connectivity index (χ2v) is 5.51. The van der Waals surface area contributed by atoms with Crippen molar-refractivity contribution >= 4 is 17.3 Å². The Kier molecular flexibility index (Phi) is 3.01. The number of aryl methyl sites for hydroxylation is 1. The molecule has 4 heteroatoms. The number of fused-ring (bicyclic) bond motifs is 1. The lowest BCUT2D eigenvalue weighted by Gasteiger charge is -2.28. The van der Waals surface area contributed by atoms with Crippen LogP contribution in [0, 0.1) is 5.92 Å². The summed E-state index contributed by atoms with van der Waals surface area (Å²) in [5, 5.41) is 4.23. The largest absolute Gasteiger partial charge is 0.374 e. The van der Waals surface area contributed by atoms with Gasteiger partial charge in [0.25, 0.3) is 0 Å². The summed E-state index contributed by atoms with van der Waals surface area (Å²) in [6.45, 7) is 3.18. The van der Waals surface area contributed by atoms with Crippen molar-refractivity contribution in [3.05, 3.63) is 29.3 Å². The number of hydrogen-bond donors (Lipinski definition) is 1. The topological polar surface area (TPSA) is 44.7 Å². The molecule has 2 aliphatic heterocycles.